The van der Waals surface area contributed by atoms with E-state index in [9.17, 15) is 8.42 Å². The number of aromatic nitrogens is 2. The van der Waals surface area contributed by atoms with Crippen molar-refractivity contribution < 1.29 is 12.9 Å². The van der Waals surface area contributed by atoms with Crippen LogP contribution in [-0.2, 0) is 16.6 Å². The van der Waals surface area contributed by atoms with E-state index < -0.39 is 10.0 Å². The van der Waals surface area contributed by atoms with Crippen LogP contribution < -0.4 is 0 Å². The molecule has 2 aromatic rings. The molecule has 1 fully saturated rings. The Labute approximate surface area is 169 Å². The van der Waals surface area contributed by atoms with Crippen molar-refractivity contribution in [2.75, 3.05) is 31.9 Å². The van der Waals surface area contributed by atoms with Gasteiger partial charge >= 0.3 is 0 Å². The minimum absolute atomic E-state index is 0.222. The number of nitrogens with zero attached hydrogens (tertiary/aromatic N) is 4. The second-order valence-corrected chi connectivity index (χ2v) is 9.42. The molecular formula is C17H22Cl2N4O3S. The molecule has 7 nitrogen and oxygen atoms in total. The summed E-state index contributed by atoms with van der Waals surface area (Å²) in [5, 5.41) is 4.99. The average Bonchev–Trinajstić information content (AvgIpc) is 3.08. The van der Waals surface area contributed by atoms with E-state index in [1.807, 2.05) is 6.92 Å². The first-order chi connectivity index (χ1) is 12.9. The van der Waals surface area contributed by atoms with Gasteiger partial charge in [-0.1, -0.05) is 41.7 Å². The summed E-state index contributed by atoms with van der Waals surface area (Å²) in [7, 11) is -3.15. The number of unbranched alkanes of at least 4 members (excludes halogenated alkanes) is 1. The summed E-state index contributed by atoms with van der Waals surface area (Å²) in [4.78, 5) is 6.51. The quantitative estimate of drug-likeness (QED) is 0.667. The highest BCUT2D eigenvalue weighted by Gasteiger charge is 2.27. The lowest BCUT2D eigenvalue weighted by Crippen LogP contribution is -2.48. The first-order valence-electron chi connectivity index (χ1n) is 8.87. The van der Waals surface area contributed by atoms with Gasteiger partial charge < -0.3 is 4.52 Å². The standard InChI is InChI=1S/C17H22Cl2N4O3S/c1-2-3-10-27(24,25)23-8-6-22(7-9-23)12-16-20-17(26-21-16)14-5-4-13(18)11-15(14)19/h4-5,11H,2-3,6-10,12H2,1H3. The van der Waals surface area contributed by atoms with Crippen LogP contribution in [0.5, 0.6) is 0 Å². The minimum atomic E-state index is -3.15. The van der Waals surface area contributed by atoms with Crippen LogP contribution in [0.15, 0.2) is 22.7 Å². The van der Waals surface area contributed by atoms with Crippen molar-refractivity contribution in [3.8, 4) is 11.5 Å². The fourth-order valence-electron chi connectivity index (χ4n) is 2.91. The SMILES string of the molecule is CCCCS(=O)(=O)N1CCN(Cc2noc(-c3ccc(Cl)cc3Cl)n2)CC1. The fourth-order valence-corrected chi connectivity index (χ4v) is 5.03. The maximum atomic E-state index is 12.3. The summed E-state index contributed by atoms with van der Waals surface area (Å²) >= 11 is 12.1. The third kappa shape index (κ3) is 5.20. The molecule has 0 saturated carbocycles. The van der Waals surface area contributed by atoms with Crippen LogP contribution >= 0.6 is 23.2 Å². The Morgan fingerprint density at radius 3 is 2.59 bits per heavy atom. The molecule has 0 radical (unpaired) electrons. The van der Waals surface area contributed by atoms with Gasteiger partial charge in [0.2, 0.25) is 10.0 Å². The topological polar surface area (TPSA) is 79.5 Å². The molecule has 0 aliphatic carbocycles. The zero-order valence-electron chi connectivity index (χ0n) is 15.1. The molecule has 0 atom stereocenters. The molecule has 1 aliphatic heterocycles. The van der Waals surface area contributed by atoms with E-state index in [4.69, 9.17) is 27.7 Å². The van der Waals surface area contributed by atoms with Crippen LogP contribution in [-0.4, -0.2) is 59.7 Å². The highest BCUT2D eigenvalue weighted by molar-refractivity contribution is 7.89. The van der Waals surface area contributed by atoms with Crippen molar-refractivity contribution >= 4 is 33.2 Å². The van der Waals surface area contributed by atoms with E-state index in [0.29, 0.717) is 66.5 Å². The zero-order valence-corrected chi connectivity index (χ0v) is 17.4. The van der Waals surface area contributed by atoms with Crippen LogP contribution in [0.4, 0.5) is 0 Å². The van der Waals surface area contributed by atoms with Gasteiger partial charge in [-0.25, -0.2) is 8.42 Å². The van der Waals surface area contributed by atoms with Gasteiger partial charge in [-0.15, -0.1) is 0 Å². The highest BCUT2D eigenvalue weighted by atomic mass is 35.5. The molecule has 0 amide bonds. The average molecular weight is 433 g/mol. The molecule has 1 aromatic carbocycles. The maximum Gasteiger partial charge on any atom is 0.259 e. The lowest BCUT2D eigenvalue weighted by molar-refractivity contribution is 0.176. The summed E-state index contributed by atoms with van der Waals surface area (Å²) in [5.74, 6) is 1.10. The van der Waals surface area contributed by atoms with Gasteiger partial charge in [-0.3, -0.25) is 4.90 Å². The molecule has 0 spiro atoms. The van der Waals surface area contributed by atoms with Crippen LogP contribution in [0, 0.1) is 0 Å². The van der Waals surface area contributed by atoms with E-state index in [1.54, 1.807) is 22.5 Å². The van der Waals surface area contributed by atoms with Crippen molar-refractivity contribution in [3.63, 3.8) is 0 Å². The van der Waals surface area contributed by atoms with Gasteiger partial charge in [0, 0.05) is 31.2 Å². The van der Waals surface area contributed by atoms with Crippen molar-refractivity contribution in [2.45, 2.75) is 26.3 Å². The Morgan fingerprint density at radius 2 is 1.93 bits per heavy atom. The van der Waals surface area contributed by atoms with Gasteiger partial charge in [-0.2, -0.15) is 9.29 Å². The van der Waals surface area contributed by atoms with Crippen molar-refractivity contribution in [1.82, 2.24) is 19.3 Å². The van der Waals surface area contributed by atoms with Crippen molar-refractivity contribution in [3.05, 3.63) is 34.1 Å². The minimum Gasteiger partial charge on any atom is -0.334 e. The van der Waals surface area contributed by atoms with E-state index in [2.05, 4.69) is 15.0 Å². The lowest BCUT2D eigenvalue weighted by Gasteiger charge is -2.33. The Bertz CT molecular complexity index is 880. The molecule has 0 bridgehead atoms. The Morgan fingerprint density at radius 1 is 1.19 bits per heavy atom. The Kier molecular flexibility index (Phi) is 6.75. The summed E-state index contributed by atoms with van der Waals surface area (Å²) < 4.78 is 31.4. The number of rotatable bonds is 7. The number of sulfonamides is 1. The highest BCUT2D eigenvalue weighted by Crippen LogP contribution is 2.29. The van der Waals surface area contributed by atoms with Crippen LogP contribution in [0.2, 0.25) is 10.0 Å². The second-order valence-electron chi connectivity index (χ2n) is 6.48. The molecule has 1 aliphatic rings. The summed E-state index contributed by atoms with van der Waals surface area (Å²) in [6.45, 7) is 4.73. The van der Waals surface area contributed by atoms with Gasteiger partial charge in [0.15, 0.2) is 5.82 Å². The number of hydrogen-bond acceptors (Lipinski definition) is 6. The fraction of sp³-hybridized carbons (Fsp3) is 0.529. The zero-order chi connectivity index (χ0) is 19.4. The molecule has 1 aromatic heterocycles. The van der Waals surface area contributed by atoms with Gasteiger partial charge in [0.05, 0.1) is 22.9 Å². The van der Waals surface area contributed by atoms with E-state index >= 15 is 0 Å². The molecule has 10 heteroatoms. The summed E-state index contributed by atoms with van der Waals surface area (Å²) in [6.07, 6.45) is 1.57. The number of halogens is 2. The molecule has 27 heavy (non-hydrogen) atoms. The largest absolute Gasteiger partial charge is 0.334 e. The van der Waals surface area contributed by atoms with Crippen LogP contribution in [0.25, 0.3) is 11.5 Å². The van der Waals surface area contributed by atoms with Crippen molar-refractivity contribution in [2.24, 2.45) is 0 Å². The Hall–Kier alpha value is -1.19. The van der Waals surface area contributed by atoms with Gasteiger partial charge in [0.25, 0.3) is 5.89 Å². The smallest absolute Gasteiger partial charge is 0.259 e. The molecule has 1 saturated heterocycles. The lowest BCUT2D eigenvalue weighted by atomic mass is 10.2. The molecule has 2 heterocycles. The second kappa shape index (κ2) is 8.87. The third-order valence-electron chi connectivity index (χ3n) is 4.48. The predicted octanol–water partition coefficient (Wildman–Crippen LogP) is 3.29. The first kappa shape index (κ1) is 20.5. The van der Waals surface area contributed by atoms with Gasteiger partial charge in [0.1, 0.15) is 0 Å². The van der Waals surface area contributed by atoms with Crippen LogP contribution in [0.3, 0.4) is 0 Å². The molecule has 148 valence electrons. The molecule has 3 rings (SSSR count). The Balaban J connectivity index is 1.58. The monoisotopic (exact) mass is 432 g/mol. The number of hydrogen-bond donors (Lipinski definition) is 0. The molecule has 0 N–H and O–H groups in total. The number of benzene rings is 1. The third-order valence-corrected chi connectivity index (χ3v) is 6.98. The first-order valence-corrected chi connectivity index (χ1v) is 11.2. The maximum absolute atomic E-state index is 12.3. The van der Waals surface area contributed by atoms with E-state index in [1.165, 1.54) is 0 Å². The molecule has 0 unspecified atom stereocenters. The predicted molar refractivity (Wildman–Crippen MR) is 105 cm³/mol. The van der Waals surface area contributed by atoms with E-state index in [-0.39, 0.29) is 5.75 Å². The van der Waals surface area contributed by atoms with E-state index in [0.717, 1.165) is 6.42 Å². The summed E-state index contributed by atoms with van der Waals surface area (Å²) in [6, 6.07) is 5.08. The van der Waals surface area contributed by atoms with Crippen molar-refractivity contribution in [1.29, 1.82) is 0 Å². The summed E-state index contributed by atoms with van der Waals surface area (Å²) in [5.41, 5.74) is 0.631. The van der Waals surface area contributed by atoms with Gasteiger partial charge in [-0.05, 0) is 24.6 Å². The van der Waals surface area contributed by atoms with Crippen LogP contribution in [0.1, 0.15) is 25.6 Å². The number of piperazine rings is 1. The molecular weight excluding hydrogens is 411 g/mol. The normalized spacial score (nSPS) is 16.7.